The summed E-state index contributed by atoms with van der Waals surface area (Å²) in [5, 5.41) is 0. The predicted octanol–water partition coefficient (Wildman–Crippen LogP) is 3.06. The molecule has 0 aliphatic heterocycles. The highest BCUT2D eigenvalue weighted by atomic mass is 16.5. The Bertz CT molecular complexity index is 484. The number of ether oxygens (including phenoxy) is 1. The van der Waals surface area contributed by atoms with Gasteiger partial charge in [0.1, 0.15) is 5.75 Å². The van der Waals surface area contributed by atoms with Crippen molar-refractivity contribution >= 4 is 11.6 Å². The Hall–Kier alpha value is -1.54. The fourth-order valence-corrected chi connectivity index (χ4v) is 2.24. The van der Waals surface area contributed by atoms with Crippen LogP contribution in [0.2, 0.25) is 0 Å². The Morgan fingerprint density at radius 3 is 2.65 bits per heavy atom. The minimum Gasteiger partial charge on any atom is -0.497 e. The maximum Gasteiger partial charge on any atom is 0.119 e. The summed E-state index contributed by atoms with van der Waals surface area (Å²) < 4.78 is 5.29. The SMILES string of the molecule is COc1ccc2c(c1)/C(=C(\C)CN(C)C)C=C2. The van der Waals surface area contributed by atoms with Crippen LogP contribution >= 0.6 is 0 Å². The average molecular weight is 229 g/mol. The highest BCUT2D eigenvalue weighted by Gasteiger charge is 2.14. The molecule has 0 atom stereocenters. The number of hydrogen-bond donors (Lipinski definition) is 0. The van der Waals surface area contributed by atoms with Crippen LogP contribution < -0.4 is 4.74 Å². The van der Waals surface area contributed by atoms with Crippen LogP contribution in [-0.2, 0) is 0 Å². The van der Waals surface area contributed by atoms with Gasteiger partial charge in [-0.25, -0.2) is 0 Å². The van der Waals surface area contributed by atoms with Crippen LogP contribution in [0.15, 0.2) is 29.8 Å². The van der Waals surface area contributed by atoms with Crippen molar-refractivity contribution in [3.63, 3.8) is 0 Å². The van der Waals surface area contributed by atoms with Gasteiger partial charge in [0.25, 0.3) is 0 Å². The summed E-state index contributed by atoms with van der Waals surface area (Å²) >= 11 is 0. The zero-order valence-corrected chi connectivity index (χ0v) is 10.9. The molecule has 0 amide bonds. The summed E-state index contributed by atoms with van der Waals surface area (Å²) in [5.74, 6) is 0.919. The lowest BCUT2D eigenvalue weighted by atomic mass is 10.0. The number of benzene rings is 1. The van der Waals surface area contributed by atoms with E-state index in [0.29, 0.717) is 0 Å². The van der Waals surface area contributed by atoms with Gasteiger partial charge in [-0.15, -0.1) is 0 Å². The van der Waals surface area contributed by atoms with Crippen molar-refractivity contribution in [3.8, 4) is 5.75 Å². The monoisotopic (exact) mass is 229 g/mol. The van der Waals surface area contributed by atoms with Crippen LogP contribution in [0.1, 0.15) is 18.1 Å². The van der Waals surface area contributed by atoms with Crippen LogP contribution in [0.4, 0.5) is 0 Å². The number of nitrogens with zero attached hydrogens (tertiary/aromatic N) is 1. The number of allylic oxidation sites excluding steroid dienone is 2. The van der Waals surface area contributed by atoms with Gasteiger partial charge in [0, 0.05) is 6.54 Å². The van der Waals surface area contributed by atoms with Gasteiger partial charge in [-0.1, -0.05) is 23.8 Å². The number of methoxy groups -OCH3 is 1. The molecule has 0 radical (unpaired) electrons. The molecule has 0 fully saturated rings. The topological polar surface area (TPSA) is 12.5 Å². The largest absolute Gasteiger partial charge is 0.497 e. The first kappa shape index (κ1) is 11.9. The molecule has 1 aliphatic rings. The van der Waals surface area contributed by atoms with E-state index in [2.05, 4.69) is 50.2 Å². The molecule has 2 rings (SSSR count). The molecular formula is C15H19NO. The third-order valence-electron chi connectivity index (χ3n) is 2.99. The Morgan fingerprint density at radius 1 is 1.24 bits per heavy atom. The fourth-order valence-electron chi connectivity index (χ4n) is 2.24. The second-order valence-corrected chi connectivity index (χ2v) is 4.72. The van der Waals surface area contributed by atoms with E-state index in [-0.39, 0.29) is 0 Å². The molecular weight excluding hydrogens is 210 g/mol. The molecule has 0 heterocycles. The van der Waals surface area contributed by atoms with Gasteiger partial charge in [-0.3, -0.25) is 0 Å². The number of fused-ring (bicyclic) bond motifs is 1. The summed E-state index contributed by atoms with van der Waals surface area (Å²) in [6.45, 7) is 3.17. The maximum atomic E-state index is 5.29. The van der Waals surface area contributed by atoms with Gasteiger partial charge >= 0.3 is 0 Å². The molecule has 0 unspecified atom stereocenters. The molecule has 2 nitrogen and oxygen atoms in total. The van der Waals surface area contributed by atoms with Crippen molar-refractivity contribution < 1.29 is 4.74 Å². The summed E-state index contributed by atoms with van der Waals surface area (Å²) in [6.07, 6.45) is 4.37. The van der Waals surface area contributed by atoms with Gasteiger partial charge in [0.05, 0.1) is 7.11 Å². The van der Waals surface area contributed by atoms with Crippen molar-refractivity contribution in [1.82, 2.24) is 4.90 Å². The van der Waals surface area contributed by atoms with E-state index >= 15 is 0 Å². The second kappa shape index (κ2) is 4.76. The van der Waals surface area contributed by atoms with Crippen molar-refractivity contribution in [1.29, 1.82) is 0 Å². The second-order valence-electron chi connectivity index (χ2n) is 4.72. The molecule has 1 aromatic rings. The first-order chi connectivity index (χ1) is 8.11. The van der Waals surface area contributed by atoms with Gasteiger partial charge in [0.2, 0.25) is 0 Å². The van der Waals surface area contributed by atoms with Crippen molar-refractivity contribution in [2.75, 3.05) is 27.7 Å². The van der Waals surface area contributed by atoms with Crippen LogP contribution in [0.3, 0.4) is 0 Å². The van der Waals surface area contributed by atoms with Crippen molar-refractivity contribution in [2.45, 2.75) is 6.92 Å². The number of rotatable bonds is 3. The van der Waals surface area contributed by atoms with Gasteiger partial charge in [0.15, 0.2) is 0 Å². The Labute approximate surface area is 103 Å². The minimum atomic E-state index is 0.919. The van der Waals surface area contributed by atoms with E-state index in [1.54, 1.807) is 7.11 Å². The Morgan fingerprint density at radius 2 is 2.00 bits per heavy atom. The van der Waals surface area contributed by atoms with Crippen molar-refractivity contribution in [3.05, 3.63) is 41.0 Å². The summed E-state index contributed by atoms with van der Waals surface area (Å²) in [5.41, 5.74) is 5.27. The average Bonchev–Trinajstić information content (AvgIpc) is 2.70. The molecule has 1 aromatic carbocycles. The molecule has 17 heavy (non-hydrogen) atoms. The molecule has 0 bridgehead atoms. The predicted molar refractivity (Wildman–Crippen MR) is 73.2 cm³/mol. The third-order valence-corrected chi connectivity index (χ3v) is 2.99. The van der Waals surface area contributed by atoms with Crippen LogP contribution in [0, 0.1) is 0 Å². The Balaban J connectivity index is 2.41. The highest BCUT2D eigenvalue weighted by molar-refractivity contribution is 5.91. The fraction of sp³-hybridized carbons (Fsp3) is 0.333. The van der Waals surface area contributed by atoms with Crippen LogP contribution in [-0.4, -0.2) is 32.6 Å². The van der Waals surface area contributed by atoms with E-state index in [9.17, 15) is 0 Å². The normalized spacial score (nSPS) is 16.3. The van der Waals surface area contributed by atoms with Crippen molar-refractivity contribution in [2.24, 2.45) is 0 Å². The molecule has 1 aliphatic carbocycles. The lowest BCUT2D eigenvalue weighted by molar-refractivity contribution is 0.414. The first-order valence-corrected chi connectivity index (χ1v) is 5.83. The van der Waals surface area contributed by atoms with Gasteiger partial charge < -0.3 is 9.64 Å². The van der Waals surface area contributed by atoms with Gasteiger partial charge in [-0.2, -0.15) is 0 Å². The molecule has 90 valence electrons. The molecule has 0 saturated heterocycles. The van der Waals surface area contributed by atoms with Gasteiger partial charge in [-0.05, 0) is 49.9 Å². The first-order valence-electron chi connectivity index (χ1n) is 5.83. The number of likely N-dealkylation sites (N-methyl/N-ethyl adjacent to an activating group) is 1. The molecule has 0 saturated carbocycles. The lowest BCUT2D eigenvalue weighted by Crippen LogP contribution is -2.14. The molecule has 0 N–H and O–H groups in total. The highest BCUT2D eigenvalue weighted by Crippen LogP contribution is 2.34. The van der Waals surface area contributed by atoms with E-state index < -0.39 is 0 Å². The lowest BCUT2D eigenvalue weighted by Gasteiger charge is -2.13. The summed E-state index contributed by atoms with van der Waals surface area (Å²) in [4.78, 5) is 2.19. The smallest absolute Gasteiger partial charge is 0.119 e. The molecule has 2 heteroatoms. The van der Waals surface area contributed by atoms with E-state index in [1.807, 2.05) is 6.07 Å². The zero-order valence-electron chi connectivity index (χ0n) is 10.9. The van der Waals surface area contributed by atoms with Crippen LogP contribution in [0.25, 0.3) is 11.6 Å². The molecule has 0 aromatic heterocycles. The van der Waals surface area contributed by atoms with E-state index in [1.165, 1.54) is 22.3 Å². The van der Waals surface area contributed by atoms with E-state index in [0.717, 1.165) is 12.3 Å². The van der Waals surface area contributed by atoms with E-state index in [4.69, 9.17) is 4.74 Å². The minimum absolute atomic E-state index is 0.919. The third kappa shape index (κ3) is 2.42. The quantitative estimate of drug-likeness (QED) is 0.790. The zero-order chi connectivity index (χ0) is 12.4. The summed E-state index contributed by atoms with van der Waals surface area (Å²) in [7, 11) is 5.89. The number of hydrogen-bond acceptors (Lipinski definition) is 2. The maximum absolute atomic E-state index is 5.29. The Kier molecular flexibility index (Phi) is 3.34. The molecule has 0 spiro atoms. The standard InChI is InChI=1S/C15H19NO/c1-11(10-16(2)3)14-8-6-12-5-7-13(17-4)9-15(12)14/h5-9H,10H2,1-4H3/b14-11+. The summed E-state index contributed by atoms with van der Waals surface area (Å²) in [6, 6.07) is 6.23. The van der Waals surface area contributed by atoms with Crippen LogP contribution in [0.5, 0.6) is 5.75 Å².